The van der Waals surface area contributed by atoms with Gasteiger partial charge in [-0.2, -0.15) is 5.26 Å². The van der Waals surface area contributed by atoms with Crippen LogP contribution in [0.3, 0.4) is 0 Å². The van der Waals surface area contributed by atoms with Crippen molar-refractivity contribution >= 4 is 6.09 Å². The molecule has 106 valence electrons. The van der Waals surface area contributed by atoms with E-state index in [4.69, 9.17) is 10.00 Å². The van der Waals surface area contributed by atoms with E-state index in [1.54, 1.807) is 4.90 Å². The predicted molar refractivity (Wildman–Crippen MR) is 74.5 cm³/mol. The molecule has 0 saturated carbocycles. The molecule has 1 fully saturated rings. The summed E-state index contributed by atoms with van der Waals surface area (Å²) < 4.78 is 5.37. The normalized spacial score (nSPS) is 18.5. The first-order valence-electron chi connectivity index (χ1n) is 6.78. The number of ether oxygens (including phenoxy) is 1. The molecule has 0 radical (unpaired) electrons. The first kappa shape index (κ1) is 15.6. The minimum atomic E-state index is -0.459. The van der Waals surface area contributed by atoms with E-state index in [0.717, 1.165) is 19.3 Å². The average molecular weight is 264 g/mol. The number of likely N-dealkylation sites (tertiary alicyclic amines) is 1. The maximum absolute atomic E-state index is 12.0. The third kappa shape index (κ3) is 4.59. The summed E-state index contributed by atoms with van der Waals surface area (Å²) in [6.45, 7) is 10.7. The Morgan fingerprint density at radius 3 is 2.47 bits per heavy atom. The molecule has 1 heterocycles. The Morgan fingerprint density at radius 1 is 1.47 bits per heavy atom. The van der Waals surface area contributed by atoms with E-state index >= 15 is 0 Å². The van der Waals surface area contributed by atoms with Crippen LogP contribution >= 0.6 is 0 Å². The van der Waals surface area contributed by atoms with Crippen LogP contribution in [0.1, 0.15) is 46.5 Å². The smallest absolute Gasteiger partial charge is 0.410 e. The van der Waals surface area contributed by atoms with E-state index in [1.165, 1.54) is 0 Å². The number of carbonyl (C=O) groups excluding carboxylic acids is 1. The molecule has 0 aromatic rings. The fraction of sp³-hybridized carbons (Fsp3) is 0.733. The molecule has 0 N–H and O–H groups in total. The maximum atomic E-state index is 12.0. The standard InChI is InChI=1S/C15H24N2O2/c1-5-6-15(7-10-16)8-11-17(12-9-15)13(18)19-14(2,3)4/h5H,1,6-9,11-12H2,2-4H3. The van der Waals surface area contributed by atoms with Crippen LogP contribution in [0.15, 0.2) is 12.7 Å². The first-order valence-corrected chi connectivity index (χ1v) is 6.78. The summed E-state index contributed by atoms with van der Waals surface area (Å²) in [5.41, 5.74) is -0.464. The van der Waals surface area contributed by atoms with Crippen LogP contribution in [0.4, 0.5) is 4.79 Å². The molecule has 0 unspecified atom stereocenters. The number of amides is 1. The van der Waals surface area contributed by atoms with E-state index in [2.05, 4.69) is 12.6 Å². The number of hydrogen-bond acceptors (Lipinski definition) is 3. The number of piperidine rings is 1. The predicted octanol–water partition coefficient (Wildman–Crippen LogP) is 3.49. The van der Waals surface area contributed by atoms with Crippen LogP contribution in [0.2, 0.25) is 0 Å². The van der Waals surface area contributed by atoms with Gasteiger partial charge < -0.3 is 9.64 Å². The van der Waals surface area contributed by atoms with E-state index < -0.39 is 5.60 Å². The van der Waals surface area contributed by atoms with Gasteiger partial charge in [0.2, 0.25) is 0 Å². The maximum Gasteiger partial charge on any atom is 0.410 e. The second-order valence-corrected chi connectivity index (χ2v) is 6.30. The summed E-state index contributed by atoms with van der Waals surface area (Å²) in [6, 6.07) is 2.26. The molecule has 1 saturated heterocycles. The highest BCUT2D eigenvalue weighted by atomic mass is 16.6. The average Bonchev–Trinajstić information content (AvgIpc) is 2.28. The number of nitrogens with zero attached hydrogens (tertiary/aromatic N) is 2. The fourth-order valence-electron chi connectivity index (χ4n) is 2.42. The van der Waals surface area contributed by atoms with Gasteiger partial charge >= 0.3 is 6.09 Å². The Bertz CT molecular complexity index is 369. The molecule has 1 aliphatic rings. The Balaban J connectivity index is 2.58. The first-order chi connectivity index (χ1) is 8.82. The van der Waals surface area contributed by atoms with Gasteiger partial charge in [0.25, 0.3) is 0 Å². The summed E-state index contributed by atoms with van der Waals surface area (Å²) >= 11 is 0. The second-order valence-electron chi connectivity index (χ2n) is 6.30. The van der Waals surface area contributed by atoms with Crippen molar-refractivity contribution in [3.63, 3.8) is 0 Å². The zero-order valence-corrected chi connectivity index (χ0v) is 12.2. The number of nitriles is 1. The largest absolute Gasteiger partial charge is 0.444 e. The SMILES string of the molecule is C=CCC1(CC#N)CCN(C(=O)OC(C)(C)C)CC1. The fourth-order valence-corrected chi connectivity index (χ4v) is 2.42. The van der Waals surface area contributed by atoms with Crippen molar-refractivity contribution in [2.45, 2.75) is 52.1 Å². The van der Waals surface area contributed by atoms with Crippen molar-refractivity contribution in [1.82, 2.24) is 4.90 Å². The summed E-state index contributed by atoms with van der Waals surface area (Å²) in [6.07, 6.45) is 4.67. The monoisotopic (exact) mass is 264 g/mol. The van der Waals surface area contributed by atoms with Crippen LogP contribution in [0, 0.1) is 16.7 Å². The number of allylic oxidation sites excluding steroid dienone is 1. The van der Waals surface area contributed by atoms with Gasteiger partial charge in [0.1, 0.15) is 5.60 Å². The lowest BCUT2D eigenvalue weighted by atomic mass is 9.73. The van der Waals surface area contributed by atoms with E-state index in [-0.39, 0.29) is 11.5 Å². The van der Waals surface area contributed by atoms with Gasteiger partial charge in [-0.25, -0.2) is 4.79 Å². The summed E-state index contributed by atoms with van der Waals surface area (Å²) in [5.74, 6) is 0. The van der Waals surface area contributed by atoms with E-state index in [9.17, 15) is 4.79 Å². The summed E-state index contributed by atoms with van der Waals surface area (Å²) in [4.78, 5) is 13.7. The molecule has 1 rings (SSSR count). The highest BCUT2D eigenvalue weighted by Gasteiger charge is 2.36. The zero-order chi connectivity index (χ0) is 14.5. The highest BCUT2D eigenvalue weighted by Crippen LogP contribution is 2.38. The Morgan fingerprint density at radius 2 is 2.05 bits per heavy atom. The number of rotatable bonds is 3. The molecular weight excluding hydrogens is 240 g/mol. The molecule has 19 heavy (non-hydrogen) atoms. The molecule has 4 heteroatoms. The van der Waals surface area contributed by atoms with Crippen LogP contribution in [0.5, 0.6) is 0 Å². The van der Waals surface area contributed by atoms with Gasteiger partial charge in [-0.15, -0.1) is 6.58 Å². The van der Waals surface area contributed by atoms with Crippen LogP contribution < -0.4 is 0 Å². The molecular formula is C15H24N2O2. The molecule has 1 aliphatic heterocycles. The lowest BCUT2D eigenvalue weighted by molar-refractivity contribution is 0.0107. The lowest BCUT2D eigenvalue weighted by Crippen LogP contribution is -2.45. The molecule has 1 amide bonds. The Hall–Kier alpha value is -1.50. The topological polar surface area (TPSA) is 53.3 Å². The van der Waals surface area contributed by atoms with Crippen molar-refractivity contribution in [2.24, 2.45) is 5.41 Å². The summed E-state index contributed by atoms with van der Waals surface area (Å²) in [5, 5.41) is 8.95. The second kappa shape index (κ2) is 6.10. The third-order valence-corrected chi connectivity index (χ3v) is 3.51. The minimum Gasteiger partial charge on any atom is -0.444 e. The van der Waals surface area contributed by atoms with Gasteiger partial charge in [0.15, 0.2) is 0 Å². The highest BCUT2D eigenvalue weighted by molar-refractivity contribution is 5.68. The van der Waals surface area contributed by atoms with Gasteiger partial charge in [0.05, 0.1) is 6.07 Å². The van der Waals surface area contributed by atoms with Crippen molar-refractivity contribution in [3.05, 3.63) is 12.7 Å². The quantitative estimate of drug-likeness (QED) is 0.733. The minimum absolute atomic E-state index is 0.00495. The molecule has 0 atom stereocenters. The lowest BCUT2D eigenvalue weighted by Gasteiger charge is -2.40. The van der Waals surface area contributed by atoms with E-state index in [1.807, 2.05) is 26.8 Å². The molecule has 0 aromatic heterocycles. The molecule has 0 aromatic carbocycles. The molecule has 4 nitrogen and oxygen atoms in total. The van der Waals surface area contributed by atoms with Gasteiger partial charge in [-0.05, 0) is 45.4 Å². The number of hydrogen-bond donors (Lipinski definition) is 0. The van der Waals surface area contributed by atoms with Crippen molar-refractivity contribution in [3.8, 4) is 6.07 Å². The van der Waals surface area contributed by atoms with Crippen molar-refractivity contribution in [2.75, 3.05) is 13.1 Å². The van der Waals surface area contributed by atoms with Gasteiger partial charge in [-0.3, -0.25) is 0 Å². The Labute approximate surface area is 116 Å². The number of carbonyl (C=O) groups is 1. The van der Waals surface area contributed by atoms with Crippen LogP contribution in [0.25, 0.3) is 0 Å². The van der Waals surface area contributed by atoms with Crippen molar-refractivity contribution in [1.29, 1.82) is 5.26 Å². The molecule has 0 aliphatic carbocycles. The molecule has 0 spiro atoms. The zero-order valence-electron chi connectivity index (χ0n) is 12.2. The summed E-state index contributed by atoms with van der Waals surface area (Å²) in [7, 11) is 0. The third-order valence-electron chi connectivity index (χ3n) is 3.51. The van der Waals surface area contributed by atoms with Crippen molar-refractivity contribution < 1.29 is 9.53 Å². The van der Waals surface area contributed by atoms with Gasteiger partial charge in [-0.1, -0.05) is 6.08 Å². The van der Waals surface area contributed by atoms with Crippen LogP contribution in [-0.2, 0) is 4.74 Å². The van der Waals surface area contributed by atoms with Crippen LogP contribution in [-0.4, -0.2) is 29.7 Å². The van der Waals surface area contributed by atoms with E-state index in [0.29, 0.717) is 19.5 Å². The van der Waals surface area contributed by atoms with Gasteiger partial charge in [0, 0.05) is 19.5 Å². The Kier molecular flexibility index (Phi) is 4.99. The molecule has 0 bridgehead atoms.